The van der Waals surface area contributed by atoms with Gasteiger partial charge in [0.05, 0.1) is 0 Å². The average molecular weight is 349 g/mol. The molecule has 0 bridgehead atoms. The van der Waals surface area contributed by atoms with Crippen LogP contribution in [0.1, 0.15) is 17.6 Å². The highest BCUT2D eigenvalue weighted by molar-refractivity contribution is 6.30. The number of para-hydroxylation sites is 1. The topological polar surface area (TPSA) is 61.6 Å². The molecule has 128 valence electrons. The van der Waals surface area contributed by atoms with Crippen molar-refractivity contribution in [1.82, 2.24) is 14.5 Å². The number of rotatable bonds is 4. The summed E-state index contributed by atoms with van der Waals surface area (Å²) in [5, 5.41) is 10.1. The smallest absolute Gasteiger partial charge is 0.327 e. The van der Waals surface area contributed by atoms with Crippen LogP contribution in [0.3, 0.4) is 0 Å². The van der Waals surface area contributed by atoms with Crippen molar-refractivity contribution in [2.45, 2.75) is 13.0 Å². The fourth-order valence-corrected chi connectivity index (χ4v) is 3.37. The van der Waals surface area contributed by atoms with Crippen molar-refractivity contribution < 1.29 is 9.90 Å². The predicted octanol–water partition coefficient (Wildman–Crippen LogP) is 2.33. The van der Waals surface area contributed by atoms with E-state index >= 15 is 0 Å². The highest BCUT2D eigenvalue weighted by Crippen LogP contribution is 2.29. The van der Waals surface area contributed by atoms with E-state index in [4.69, 9.17) is 11.6 Å². The highest BCUT2D eigenvalue weighted by atomic mass is 35.5. The number of carboxylic acid groups (broad SMARTS) is 1. The van der Waals surface area contributed by atoms with Crippen LogP contribution in [-0.2, 0) is 11.8 Å². The third-order valence-electron chi connectivity index (χ3n) is 4.57. The first kappa shape index (κ1) is 16.8. The van der Waals surface area contributed by atoms with Gasteiger partial charge in [-0.05, 0) is 19.1 Å². The third kappa shape index (κ3) is 3.12. The number of nitrogens with zero attached hydrogens (tertiary/aromatic N) is 4. The van der Waals surface area contributed by atoms with Crippen LogP contribution >= 0.6 is 11.6 Å². The molecule has 1 N–H and O–H groups in total. The SMILES string of the molecule is Cc1nc(C(C(=O)O)N2CCN(c3ccccc3)CC2)c(Cl)n1C. The van der Waals surface area contributed by atoms with Gasteiger partial charge < -0.3 is 14.6 Å². The van der Waals surface area contributed by atoms with Crippen molar-refractivity contribution in [2.75, 3.05) is 31.1 Å². The maximum absolute atomic E-state index is 11.9. The Labute approximate surface area is 146 Å². The molecule has 3 rings (SSSR count). The number of benzene rings is 1. The summed E-state index contributed by atoms with van der Waals surface area (Å²) in [5.41, 5.74) is 1.59. The second kappa shape index (κ2) is 6.83. The third-order valence-corrected chi connectivity index (χ3v) is 5.01. The van der Waals surface area contributed by atoms with Crippen molar-refractivity contribution in [3.8, 4) is 0 Å². The van der Waals surface area contributed by atoms with Crippen molar-refractivity contribution in [1.29, 1.82) is 0 Å². The number of anilines is 1. The lowest BCUT2D eigenvalue weighted by molar-refractivity contribution is -0.143. The van der Waals surface area contributed by atoms with Crippen molar-refractivity contribution >= 4 is 23.3 Å². The van der Waals surface area contributed by atoms with Crippen molar-refractivity contribution in [3.05, 3.63) is 47.0 Å². The quantitative estimate of drug-likeness (QED) is 0.918. The molecule has 7 heteroatoms. The molecule has 1 atom stereocenters. The standard InChI is InChI=1S/C17H21ClN4O2/c1-12-19-14(16(18)20(12)2)15(17(23)24)22-10-8-21(9-11-22)13-6-4-3-5-7-13/h3-7,15H,8-11H2,1-2H3,(H,23,24). The van der Waals surface area contributed by atoms with Gasteiger partial charge in [0.25, 0.3) is 0 Å². The van der Waals surface area contributed by atoms with Crippen LogP contribution in [0.25, 0.3) is 0 Å². The molecular weight excluding hydrogens is 328 g/mol. The minimum Gasteiger partial charge on any atom is -0.480 e. The summed E-state index contributed by atoms with van der Waals surface area (Å²) in [4.78, 5) is 20.4. The largest absolute Gasteiger partial charge is 0.480 e. The molecule has 1 aromatic heterocycles. The molecule has 0 spiro atoms. The minimum atomic E-state index is -0.914. The van der Waals surface area contributed by atoms with Gasteiger partial charge in [0.1, 0.15) is 16.7 Å². The van der Waals surface area contributed by atoms with Crippen LogP contribution in [0.2, 0.25) is 5.15 Å². The Morgan fingerprint density at radius 3 is 2.33 bits per heavy atom. The van der Waals surface area contributed by atoms with Gasteiger partial charge in [0.2, 0.25) is 0 Å². The molecule has 1 fully saturated rings. The number of piperazine rings is 1. The lowest BCUT2D eigenvalue weighted by atomic mass is 10.1. The summed E-state index contributed by atoms with van der Waals surface area (Å²) in [7, 11) is 1.79. The molecule has 0 aliphatic carbocycles. The number of aromatic nitrogens is 2. The van der Waals surface area contributed by atoms with Crippen LogP contribution in [-0.4, -0.2) is 51.7 Å². The summed E-state index contributed by atoms with van der Waals surface area (Å²) in [6.45, 7) is 4.67. The number of aliphatic carboxylic acids is 1. The first-order valence-corrected chi connectivity index (χ1v) is 8.32. The van der Waals surface area contributed by atoms with Gasteiger partial charge in [-0.3, -0.25) is 9.69 Å². The molecule has 1 aliphatic heterocycles. The highest BCUT2D eigenvalue weighted by Gasteiger charge is 2.34. The number of carbonyl (C=O) groups is 1. The van der Waals surface area contributed by atoms with E-state index in [0.29, 0.717) is 29.8 Å². The molecule has 1 aromatic carbocycles. The first-order valence-electron chi connectivity index (χ1n) is 7.94. The van der Waals surface area contributed by atoms with Crippen LogP contribution in [0.5, 0.6) is 0 Å². The molecular formula is C17H21ClN4O2. The van der Waals surface area contributed by atoms with E-state index in [1.165, 1.54) is 0 Å². The molecule has 6 nitrogen and oxygen atoms in total. The van der Waals surface area contributed by atoms with Gasteiger partial charge in [0.15, 0.2) is 6.04 Å². The molecule has 0 amide bonds. The van der Waals surface area contributed by atoms with Crippen LogP contribution < -0.4 is 4.90 Å². The van der Waals surface area contributed by atoms with E-state index in [-0.39, 0.29) is 0 Å². The zero-order valence-corrected chi connectivity index (χ0v) is 14.6. The summed E-state index contributed by atoms with van der Waals surface area (Å²) in [5.74, 6) is -0.202. The van der Waals surface area contributed by atoms with Crippen LogP contribution in [0, 0.1) is 6.92 Å². The summed E-state index contributed by atoms with van der Waals surface area (Å²) in [6, 6.07) is 9.35. The average Bonchev–Trinajstić information content (AvgIpc) is 2.84. The number of aryl methyl sites for hydroxylation is 1. The van der Waals surface area contributed by atoms with Crippen molar-refractivity contribution in [2.24, 2.45) is 7.05 Å². The normalized spacial score (nSPS) is 17.0. The van der Waals surface area contributed by atoms with Gasteiger partial charge in [-0.15, -0.1) is 0 Å². The van der Waals surface area contributed by atoms with E-state index in [0.717, 1.165) is 18.8 Å². The maximum Gasteiger partial charge on any atom is 0.327 e. The van der Waals surface area contributed by atoms with E-state index < -0.39 is 12.0 Å². The molecule has 1 aliphatic rings. The monoisotopic (exact) mass is 348 g/mol. The second-order valence-electron chi connectivity index (χ2n) is 5.99. The number of hydrogen-bond acceptors (Lipinski definition) is 4. The lowest BCUT2D eigenvalue weighted by Gasteiger charge is -2.38. The summed E-state index contributed by atoms with van der Waals surface area (Å²) >= 11 is 6.30. The zero-order valence-electron chi connectivity index (χ0n) is 13.8. The molecule has 2 aromatic rings. The Bertz CT molecular complexity index is 724. The lowest BCUT2D eigenvalue weighted by Crippen LogP contribution is -2.49. The predicted molar refractivity (Wildman–Crippen MR) is 93.6 cm³/mol. The molecule has 0 saturated carbocycles. The van der Waals surface area contributed by atoms with Crippen LogP contribution in [0.4, 0.5) is 5.69 Å². The minimum absolute atomic E-state index is 0.394. The molecule has 2 heterocycles. The van der Waals surface area contributed by atoms with Gasteiger partial charge in [-0.2, -0.15) is 0 Å². The molecule has 0 radical (unpaired) electrons. The fraction of sp³-hybridized carbons (Fsp3) is 0.412. The number of hydrogen-bond donors (Lipinski definition) is 1. The Hall–Kier alpha value is -2.05. The van der Waals surface area contributed by atoms with E-state index in [1.807, 2.05) is 30.0 Å². The molecule has 1 saturated heterocycles. The fourth-order valence-electron chi connectivity index (χ4n) is 3.11. The summed E-state index contributed by atoms with van der Waals surface area (Å²) in [6.07, 6.45) is 0. The van der Waals surface area contributed by atoms with Gasteiger partial charge in [0, 0.05) is 38.9 Å². The molecule has 24 heavy (non-hydrogen) atoms. The van der Waals surface area contributed by atoms with E-state index in [1.54, 1.807) is 11.6 Å². The van der Waals surface area contributed by atoms with E-state index in [2.05, 4.69) is 22.0 Å². The Morgan fingerprint density at radius 1 is 1.21 bits per heavy atom. The Balaban J connectivity index is 1.77. The first-order chi connectivity index (χ1) is 11.5. The Kier molecular flexibility index (Phi) is 4.78. The van der Waals surface area contributed by atoms with Crippen molar-refractivity contribution in [3.63, 3.8) is 0 Å². The maximum atomic E-state index is 11.9. The van der Waals surface area contributed by atoms with Gasteiger partial charge in [-0.1, -0.05) is 29.8 Å². The van der Waals surface area contributed by atoms with Gasteiger partial charge in [-0.25, -0.2) is 4.98 Å². The number of carboxylic acids is 1. The number of halogens is 1. The van der Waals surface area contributed by atoms with Crippen LogP contribution in [0.15, 0.2) is 30.3 Å². The Morgan fingerprint density at radius 2 is 1.83 bits per heavy atom. The van der Waals surface area contributed by atoms with Gasteiger partial charge >= 0.3 is 5.97 Å². The molecule has 1 unspecified atom stereocenters. The zero-order chi connectivity index (χ0) is 17.3. The summed E-state index contributed by atoms with van der Waals surface area (Å²) < 4.78 is 1.72. The number of imidazole rings is 1. The van der Waals surface area contributed by atoms with E-state index in [9.17, 15) is 9.90 Å². The second-order valence-corrected chi connectivity index (χ2v) is 6.35.